The normalized spacial score (nSPS) is 12.1. The molecule has 0 radical (unpaired) electrons. The number of rotatable bonds is 5. The number of nitrogens with zero attached hydrogens (tertiary/aromatic N) is 3. The van der Waals surface area contributed by atoms with Gasteiger partial charge in [-0.1, -0.05) is 0 Å². The van der Waals surface area contributed by atoms with E-state index in [1.807, 2.05) is 17.7 Å². The van der Waals surface area contributed by atoms with Crippen LogP contribution in [-0.4, -0.2) is 31.7 Å². The zero-order valence-electron chi connectivity index (χ0n) is 10.9. The molecule has 0 bridgehead atoms. The van der Waals surface area contributed by atoms with E-state index in [0.29, 0.717) is 11.5 Å². The minimum Gasteiger partial charge on any atom is -0.478 e. The first-order valence-corrected chi connectivity index (χ1v) is 5.99. The van der Waals surface area contributed by atoms with E-state index >= 15 is 0 Å². The molecule has 2 aromatic rings. The van der Waals surface area contributed by atoms with E-state index in [4.69, 9.17) is 5.11 Å². The van der Waals surface area contributed by atoms with Gasteiger partial charge in [-0.2, -0.15) is 0 Å². The van der Waals surface area contributed by atoms with Crippen LogP contribution in [0.15, 0.2) is 30.9 Å². The van der Waals surface area contributed by atoms with E-state index in [1.54, 1.807) is 31.6 Å². The first kappa shape index (κ1) is 13.1. The summed E-state index contributed by atoms with van der Waals surface area (Å²) in [6, 6.07) is 3.21. The van der Waals surface area contributed by atoms with Gasteiger partial charge in [0.15, 0.2) is 0 Å². The minimum atomic E-state index is -0.948. The number of hydrogen-bond donors (Lipinski definition) is 2. The number of nitrogens with one attached hydrogen (secondary N) is 1. The summed E-state index contributed by atoms with van der Waals surface area (Å²) in [4.78, 5) is 19.2. The highest BCUT2D eigenvalue weighted by molar-refractivity contribution is 5.88. The second kappa shape index (κ2) is 5.51. The number of pyridine rings is 1. The Morgan fingerprint density at radius 1 is 1.53 bits per heavy atom. The number of carboxylic acids is 1. The van der Waals surface area contributed by atoms with Crippen LogP contribution in [0.1, 0.15) is 23.0 Å². The summed E-state index contributed by atoms with van der Waals surface area (Å²) in [5.74, 6) is -0.374. The van der Waals surface area contributed by atoms with Gasteiger partial charge in [0.25, 0.3) is 0 Å². The molecule has 6 heteroatoms. The molecule has 0 aliphatic heterocycles. The second-order valence-corrected chi connectivity index (χ2v) is 4.49. The number of aromatic nitrogens is 3. The highest BCUT2D eigenvalue weighted by Crippen LogP contribution is 2.12. The fourth-order valence-corrected chi connectivity index (χ4v) is 1.88. The summed E-state index contributed by atoms with van der Waals surface area (Å²) in [6.07, 6.45) is 5.34. The largest absolute Gasteiger partial charge is 0.478 e. The van der Waals surface area contributed by atoms with Crippen molar-refractivity contribution < 1.29 is 9.90 Å². The lowest BCUT2D eigenvalue weighted by Crippen LogP contribution is -2.22. The maximum absolute atomic E-state index is 11.0. The molecule has 2 rings (SSSR count). The zero-order valence-corrected chi connectivity index (χ0v) is 10.9. The topological polar surface area (TPSA) is 80.0 Å². The summed E-state index contributed by atoms with van der Waals surface area (Å²) in [7, 11) is 0. The van der Waals surface area contributed by atoms with Crippen LogP contribution >= 0.6 is 0 Å². The van der Waals surface area contributed by atoms with Crippen molar-refractivity contribution in [1.82, 2.24) is 14.5 Å². The maximum Gasteiger partial charge on any atom is 0.335 e. The number of imidazole rings is 1. The second-order valence-electron chi connectivity index (χ2n) is 4.49. The summed E-state index contributed by atoms with van der Waals surface area (Å²) in [5, 5.41) is 12.2. The van der Waals surface area contributed by atoms with Crippen LogP contribution in [0, 0.1) is 6.92 Å². The van der Waals surface area contributed by atoms with Crippen molar-refractivity contribution in [2.24, 2.45) is 0 Å². The van der Waals surface area contributed by atoms with Crippen molar-refractivity contribution in [3.05, 3.63) is 42.1 Å². The summed E-state index contributed by atoms with van der Waals surface area (Å²) in [6.45, 7) is 4.51. The van der Waals surface area contributed by atoms with Gasteiger partial charge in [-0.25, -0.2) is 14.8 Å². The molecular weight excluding hydrogens is 244 g/mol. The Balaban J connectivity index is 2.08. The zero-order chi connectivity index (χ0) is 13.8. The lowest BCUT2D eigenvalue weighted by Gasteiger charge is -2.15. The van der Waals surface area contributed by atoms with Crippen molar-refractivity contribution >= 4 is 11.8 Å². The maximum atomic E-state index is 11.0. The standard InChI is InChI=1S/C13H16N4O2/c1-9-5-11(13(18)19)6-12(15-9)16-10(2)7-17-4-3-14-8-17/h3-6,8,10H,7H2,1-2H3,(H,15,16)(H,18,19). The number of aromatic carboxylic acids is 1. The fourth-order valence-electron chi connectivity index (χ4n) is 1.88. The third-order valence-electron chi connectivity index (χ3n) is 2.64. The molecule has 2 N–H and O–H groups in total. The summed E-state index contributed by atoms with van der Waals surface area (Å²) in [5.41, 5.74) is 0.919. The third kappa shape index (κ3) is 3.54. The van der Waals surface area contributed by atoms with Crippen molar-refractivity contribution in [1.29, 1.82) is 0 Å². The molecule has 0 aliphatic carbocycles. The smallest absolute Gasteiger partial charge is 0.335 e. The third-order valence-corrected chi connectivity index (χ3v) is 2.64. The van der Waals surface area contributed by atoms with Crippen molar-refractivity contribution in [2.75, 3.05) is 5.32 Å². The number of carboxylic acid groups (broad SMARTS) is 1. The molecule has 6 nitrogen and oxygen atoms in total. The molecule has 1 unspecified atom stereocenters. The Bertz CT molecular complexity index is 566. The first-order valence-electron chi connectivity index (χ1n) is 5.99. The quantitative estimate of drug-likeness (QED) is 0.856. The van der Waals surface area contributed by atoms with Crippen LogP contribution in [0.4, 0.5) is 5.82 Å². The lowest BCUT2D eigenvalue weighted by atomic mass is 10.2. The molecule has 0 saturated heterocycles. The molecule has 0 aliphatic rings. The predicted molar refractivity (Wildman–Crippen MR) is 71.2 cm³/mol. The van der Waals surface area contributed by atoms with Crippen LogP contribution in [-0.2, 0) is 6.54 Å². The van der Waals surface area contributed by atoms with Gasteiger partial charge in [-0.15, -0.1) is 0 Å². The Morgan fingerprint density at radius 3 is 2.95 bits per heavy atom. The molecule has 2 heterocycles. The molecule has 0 saturated carbocycles. The van der Waals surface area contributed by atoms with Gasteiger partial charge < -0.3 is 15.0 Å². The molecule has 19 heavy (non-hydrogen) atoms. The van der Waals surface area contributed by atoms with Crippen LogP contribution in [0.25, 0.3) is 0 Å². The Kier molecular flexibility index (Phi) is 3.79. The molecule has 0 spiro atoms. The van der Waals surface area contributed by atoms with Gasteiger partial charge in [-0.3, -0.25) is 0 Å². The van der Waals surface area contributed by atoms with E-state index in [1.165, 1.54) is 0 Å². The van der Waals surface area contributed by atoms with Crippen molar-refractivity contribution in [3.63, 3.8) is 0 Å². The first-order chi connectivity index (χ1) is 9.04. The van der Waals surface area contributed by atoms with Crippen LogP contribution in [0.2, 0.25) is 0 Å². The number of carbonyl (C=O) groups is 1. The Morgan fingerprint density at radius 2 is 2.32 bits per heavy atom. The molecule has 0 fully saturated rings. The average Bonchev–Trinajstić information content (AvgIpc) is 2.80. The summed E-state index contributed by atoms with van der Waals surface area (Å²) >= 11 is 0. The summed E-state index contributed by atoms with van der Waals surface area (Å²) < 4.78 is 1.95. The molecule has 2 aromatic heterocycles. The highest BCUT2D eigenvalue weighted by Gasteiger charge is 2.09. The van der Waals surface area contributed by atoms with Gasteiger partial charge >= 0.3 is 5.97 Å². The fraction of sp³-hybridized carbons (Fsp3) is 0.308. The monoisotopic (exact) mass is 260 g/mol. The lowest BCUT2D eigenvalue weighted by molar-refractivity contribution is 0.0696. The number of aryl methyl sites for hydroxylation is 1. The van der Waals surface area contributed by atoms with Gasteiger partial charge in [-0.05, 0) is 26.0 Å². The molecule has 0 aromatic carbocycles. The molecule has 0 amide bonds. The predicted octanol–water partition coefficient (Wildman–Crippen LogP) is 1.79. The Hall–Kier alpha value is -2.37. The van der Waals surface area contributed by atoms with Crippen LogP contribution in [0.3, 0.4) is 0 Å². The SMILES string of the molecule is Cc1cc(C(=O)O)cc(NC(C)Cn2ccnc2)n1. The molecule has 100 valence electrons. The highest BCUT2D eigenvalue weighted by atomic mass is 16.4. The van der Waals surface area contributed by atoms with E-state index in [9.17, 15) is 4.79 Å². The number of anilines is 1. The van der Waals surface area contributed by atoms with E-state index < -0.39 is 5.97 Å². The van der Waals surface area contributed by atoms with Crippen molar-refractivity contribution in [3.8, 4) is 0 Å². The average molecular weight is 260 g/mol. The van der Waals surface area contributed by atoms with Crippen LogP contribution in [0.5, 0.6) is 0 Å². The van der Waals surface area contributed by atoms with Gasteiger partial charge in [0.1, 0.15) is 5.82 Å². The molecule has 1 atom stereocenters. The Labute approximate surface area is 111 Å². The van der Waals surface area contributed by atoms with E-state index in [0.717, 1.165) is 6.54 Å². The number of hydrogen-bond acceptors (Lipinski definition) is 4. The van der Waals surface area contributed by atoms with Crippen molar-refractivity contribution in [2.45, 2.75) is 26.4 Å². The van der Waals surface area contributed by atoms with Gasteiger partial charge in [0.2, 0.25) is 0 Å². The van der Waals surface area contributed by atoms with Gasteiger partial charge in [0, 0.05) is 30.7 Å². The van der Waals surface area contributed by atoms with Gasteiger partial charge in [0.05, 0.1) is 11.9 Å². The van der Waals surface area contributed by atoms with E-state index in [-0.39, 0.29) is 11.6 Å². The molecular formula is C13H16N4O2. The van der Waals surface area contributed by atoms with E-state index in [2.05, 4.69) is 15.3 Å². The van der Waals surface area contributed by atoms with Crippen LogP contribution < -0.4 is 5.32 Å². The minimum absolute atomic E-state index is 0.116.